The maximum absolute atomic E-state index is 13.8. The molecule has 0 atom stereocenters. The van der Waals surface area contributed by atoms with Crippen LogP contribution in [0.1, 0.15) is 37.7 Å². The number of anilines is 1. The van der Waals surface area contributed by atoms with E-state index in [-0.39, 0.29) is 11.8 Å². The van der Waals surface area contributed by atoms with Gasteiger partial charge in [-0.05, 0) is 30.7 Å². The maximum Gasteiger partial charge on any atom is 0.227 e. The largest absolute Gasteiger partial charge is 0.382 e. The number of amides is 2. The van der Waals surface area contributed by atoms with Gasteiger partial charge < -0.3 is 44.0 Å². The number of aromatic nitrogens is 3. The molecule has 278 valence electrons. The van der Waals surface area contributed by atoms with Crippen LogP contribution in [-0.4, -0.2) is 119 Å². The van der Waals surface area contributed by atoms with Gasteiger partial charge in [-0.3, -0.25) is 9.59 Å². The van der Waals surface area contributed by atoms with E-state index in [0.717, 1.165) is 28.1 Å². The minimum Gasteiger partial charge on any atom is -0.382 e. The molecule has 1 aliphatic heterocycles. The predicted octanol–water partition coefficient (Wildman–Crippen LogP) is 3.90. The van der Waals surface area contributed by atoms with E-state index >= 15 is 0 Å². The molecular weight excluding hydrogens is 656 g/mol. The molecule has 2 heterocycles. The van der Waals surface area contributed by atoms with Crippen molar-refractivity contribution in [3.8, 4) is 22.5 Å². The maximum atomic E-state index is 13.8. The lowest BCUT2D eigenvalue weighted by atomic mass is 9.95. The molecule has 3 aromatic rings. The Morgan fingerprint density at radius 1 is 0.784 bits per heavy atom. The number of nitrogens with zero attached hydrogens (tertiary/aromatic N) is 4. The number of para-hydroxylation sites is 1. The second-order valence-corrected chi connectivity index (χ2v) is 11.8. The van der Waals surface area contributed by atoms with Crippen molar-refractivity contribution in [2.75, 3.05) is 91.2 Å². The van der Waals surface area contributed by atoms with Crippen molar-refractivity contribution in [2.24, 2.45) is 0 Å². The van der Waals surface area contributed by atoms with Gasteiger partial charge in [0.05, 0.1) is 97.1 Å². The zero-order chi connectivity index (χ0) is 35.9. The highest BCUT2D eigenvalue weighted by molar-refractivity contribution is 6.00. The third-order valence-corrected chi connectivity index (χ3v) is 8.10. The smallest absolute Gasteiger partial charge is 0.227 e. The van der Waals surface area contributed by atoms with Crippen LogP contribution in [0.25, 0.3) is 22.5 Å². The van der Waals surface area contributed by atoms with E-state index in [9.17, 15) is 9.59 Å². The first-order chi connectivity index (χ1) is 25.1. The number of nitrogens with one attached hydrogen (secondary N) is 2. The third-order valence-electron chi connectivity index (χ3n) is 8.10. The van der Waals surface area contributed by atoms with Crippen molar-refractivity contribution >= 4 is 23.7 Å². The highest BCUT2D eigenvalue weighted by Crippen LogP contribution is 2.41. The minimum atomic E-state index is -0.0561. The van der Waals surface area contributed by atoms with Gasteiger partial charge in [0.25, 0.3) is 0 Å². The number of carbonyl (C=O) groups excluding carboxylic acids is 2. The van der Waals surface area contributed by atoms with E-state index in [1.165, 1.54) is 6.21 Å². The van der Waals surface area contributed by atoms with E-state index in [2.05, 4.69) is 15.6 Å². The first-order valence-electron chi connectivity index (χ1n) is 17.7. The van der Waals surface area contributed by atoms with Crippen LogP contribution >= 0.6 is 0 Å². The molecule has 0 spiro atoms. The molecule has 2 aromatic carbocycles. The number of carbonyl (C=O) groups is 2. The van der Waals surface area contributed by atoms with E-state index in [1.54, 1.807) is 7.11 Å². The Hall–Kier alpha value is -4.05. The molecule has 2 amide bonds. The Balaban J connectivity index is 1.28. The van der Waals surface area contributed by atoms with Crippen LogP contribution in [-0.2, 0) is 51.1 Å². The van der Waals surface area contributed by atoms with Crippen molar-refractivity contribution in [3.05, 3.63) is 54.1 Å². The first-order valence-corrected chi connectivity index (χ1v) is 17.7. The molecule has 0 saturated heterocycles. The van der Waals surface area contributed by atoms with Gasteiger partial charge in [-0.15, -0.1) is 5.10 Å². The van der Waals surface area contributed by atoms with E-state index in [4.69, 9.17) is 33.8 Å². The summed E-state index contributed by atoms with van der Waals surface area (Å²) in [6, 6.07) is 15.8. The lowest BCUT2D eigenvalue weighted by Crippen LogP contribution is -2.32. The molecule has 51 heavy (non-hydrogen) atoms. The number of fused-ring (bicyclic) bond motifs is 5. The summed E-state index contributed by atoms with van der Waals surface area (Å²) in [7, 11) is 1.63. The van der Waals surface area contributed by atoms with Crippen LogP contribution in [0.5, 0.6) is 0 Å². The number of unbranched alkanes of at least 4 members (excludes halogenated alkanes) is 1. The van der Waals surface area contributed by atoms with Crippen molar-refractivity contribution in [1.29, 1.82) is 5.41 Å². The summed E-state index contributed by atoms with van der Waals surface area (Å²) >= 11 is 0. The van der Waals surface area contributed by atoms with Gasteiger partial charge in [-0.2, -0.15) is 0 Å². The zero-order valence-corrected chi connectivity index (χ0v) is 29.7. The minimum absolute atomic E-state index is 0.0110. The van der Waals surface area contributed by atoms with Crippen molar-refractivity contribution in [3.63, 3.8) is 0 Å². The molecule has 14 nitrogen and oxygen atoms in total. The van der Waals surface area contributed by atoms with E-state index < -0.39 is 0 Å². The van der Waals surface area contributed by atoms with Crippen molar-refractivity contribution in [2.45, 2.75) is 45.2 Å². The van der Waals surface area contributed by atoms with Crippen molar-refractivity contribution in [1.82, 2.24) is 20.3 Å². The molecule has 2 N–H and O–H groups in total. The average molecular weight is 709 g/mol. The van der Waals surface area contributed by atoms with Gasteiger partial charge in [0.2, 0.25) is 11.8 Å². The summed E-state index contributed by atoms with van der Waals surface area (Å²) in [6.45, 7) is 6.60. The van der Waals surface area contributed by atoms with Gasteiger partial charge in [0, 0.05) is 44.0 Å². The Bertz CT molecular complexity index is 1480. The Morgan fingerprint density at radius 3 is 2.16 bits per heavy atom. The molecule has 0 fully saturated rings. The third kappa shape index (κ3) is 13.2. The predicted molar refractivity (Wildman–Crippen MR) is 193 cm³/mol. The Labute approximate surface area is 300 Å². The van der Waals surface area contributed by atoms with E-state index in [0.29, 0.717) is 130 Å². The number of rotatable bonds is 26. The molecular formula is C37H52N6O8. The molecule has 0 unspecified atom stereocenters. The average Bonchev–Trinajstić information content (AvgIpc) is 3.56. The molecule has 4 rings (SSSR count). The molecule has 0 bridgehead atoms. The number of benzene rings is 2. The van der Waals surface area contributed by atoms with Crippen LogP contribution in [0.15, 0.2) is 48.5 Å². The summed E-state index contributed by atoms with van der Waals surface area (Å²) in [4.78, 5) is 28.0. The Morgan fingerprint density at radius 2 is 1.41 bits per heavy atom. The summed E-state index contributed by atoms with van der Waals surface area (Å²) in [5, 5.41) is 19.0. The monoisotopic (exact) mass is 708 g/mol. The first kappa shape index (κ1) is 39.7. The summed E-state index contributed by atoms with van der Waals surface area (Å²) in [5.74, 6) is -0.0670. The van der Waals surface area contributed by atoms with Gasteiger partial charge in [0.1, 0.15) is 5.69 Å². The topological polar surface area (TPSA) is 159 Å². The van der Waals surface area contributed by atoms with Crippen LogP contribution < -0.4 is 10.2 Å². The summed E-state index contributed by atoms with van der Waals surface area (Å²) in [5.41, 5.74) is 5.17. The highest BCUT2D eigenvalue weighted by atomic mass is 16.5. The number of hydrogen-bond donors (Lipinski definition) is 2. The lowest BCUT2D eigenvalue weighted by Gasteiger charge is -2.28. The quantitative estimate of drug-likeness (QED) is 0.0925. The molecule has 14 heteroatoms. The molecule has 1 aromatic heterocycles. The van der Waals surface area contributed by atoms with Crippen LogP contribution in [0.4, 0.5) is 5.69 Å². The molecule has 0 radical (unpaired) electrons. The second kappa shape index (κ2) is 23.4. The van der Waals surface area contributed by atoms with Crippen LogP contribution in [0.3, 0.4) is 0 Å². The summed E-state index contributed by atoms with van der Waals surface area (Å²) in [6.07, 6.45) is 3.79. The van der Waals surface area contributed by atoms with Crippen molar-refractivity contribution < 1.29 is 38.0 Å². The zero-order valence-electron chi connectivity index (χ0n) is 29.7. The molecule has 1 aliphatic rings. The Kier molecular flexibility index (Phi) is 18.3. The fraction of sp³-hybridized carbons (Fsp3) is 0.541. The second-order valence-electron chi connectivity index (χ2n) is 11.8. The van der Waals surface area contributed by atoms with Crippen LogP contribution in [0.2, 0.25) is 0 Å². The number of hydrogen-bond acceptors (Lipinski definition) is 11. The fourth-order valence-electron chi connectivity index (χ4n) is 5.54. The summed E-state index contributed by atoms with van der Waals surface area (Å²) < 4.78 is 34.4. The highest BCUT2D eigenvalue weighted by Gasteiger charge is 2.28. The van der Waals surface area contributed by atoms with E-state index in [1.807, 2.05) is 58.1 Å². The van der Waals surface area contributed by atoms with Crippen LogP contribution in [0, 0.1) is 5.41 Å². The fourth-order valence-corrected chi connectivity index (χ4v) is 5.54. The molecule has 0 saturated carbocycles. The van der Waals surface area contributed by atoms with Gasteiger partial charge in [-0.1, -0.05) is 47.7 Å². The molecule has 0 aliphatic carbocycles. The number of ether oxygens (including phenoxy) is 6. The van der Waals surface area contributed by atoms with Gasteiger partial charge in [0.15, 0.2) is 0 Å². The SMILES string of the molecule is COCCOCCOCCNC(=O)CCCCC(=O)N1Cc2ccccc2-c2c(nnn2CCOCCOCCOCCC=N)-c2ccccc21. The normalized spacial score (nSPS) is 12.1. The van der Waals surface area contributed by atoms with Gasteiger partial charge >= 0.3 is 0 Å². The lowest BCUT2D eigenvalue weighted by molar-refractivity contribution is -0.122. The number of methoxy groups -OCH3 is 1. The van der Waals surface area contributed by atoms with Gasteiger partial charge in [-0.25, -0.2) is 4.68 Å². The standard InChI is InChI=1S/C37H52N6O8/c1-46-21-22-50-27-24-48-19-16-39-34(44)13-6-7-14-35(45)42-29-30-9-2-3-10-31(30)37-36(32-11-4-5-12-33(32)42)40-41-43(37)17-20-49-25-28-51-26-23-47-18-8-15-38/h2-5,9-12,15,38H,6-8,13-14,16-29H2,1H3,(H,39,44).